The van der Waals surface area contributed by atoms with Crippen LogP contribution < -0.4 is 0 Å². The Balaban J connectivity index is 2.03. The van der Waals surface area contributed by atoms with E-state index in [4.69, 9.17) is 9.47 Å². The maximum Gasteiger partial charge on any atom is 0.0828 e. The van der Waals surface area contributed by atoms with Gasteiger partial charge in [-0.2, -0.15) is 0 Å². The summed E-state index contributed by atoms with van der Waals surface area (Å²) in [6.07, 6.45) is 6.97. The molecule has 2 fully saturated rings. The molecule has 2 unspecified atom stereocenters. The van der Waals surface area contributed by atoms with E-state index in [1.165, 1.54) is 38.1 Å². The average molecular weight is 200 g/mol. The van der Waals surface area contributed by atoms with Gasteiger partial charge < -0.3 is 9.47 Å². The third-order valence-electron chi connectivity index (χ3n) is 3.62. The van der Waals surface area contributed by atoms with Crippen molar-refractivity contribution in [3.05, 3.63) is 0 Å². The van der Waals surface area contributed by atoms with E-state index in [2.05, 4.69) is 0 Å². The van der Waals surface area contributed by atoms with Crippen LogP contribution in [0.25, 0.3) is 0 Å². The van der Waals surface area contributed by atoms with Gasteiger partial charge in [0.05, 0.1) is 20.8 Å². The maximum absolute atomic E-state index is 5.80. The molecule has 2 heterocycles. The average Bonchev–Trinajstić information content (AvgIpc) is 2.72. The topological polar surface area (TPSA) is 18.5 Å². The molecule has 13 heavy (non-hydrogen) atoms. The van der Waals surface area contributed by atoms with Gasteiger partial charge in [0, 0.05) is 13.7 Å². The van der Waals surface area contributed by atoms with Crippen LogP contribution in [0.15, 0.2) is 0 Å². The fourth-order valence-corrected chi connectivity index (χ4v) is 5.35. The minimum absolute atomic E-state index is 0.0610. The summed E-state index contributed by atoms with van der Waals surface area (Å²) in [7, 11) is 1.83. The molecule has 0 amide bonds. The minimum Gasteiger partial charge on any atom is -0.380 e. The van der Waals surface area contributed by atoms with Gasteiger partial charge in [-0.15, -0.1) is 0 Å². The Morgan fingerprint density at radius 3 is 2.85 bits per heavy atom. The normalized spacial score (nSPS) is 42.7. The van der Waals surface area contributed by atoms with Crippen LogP contribution in [-0.4, -0.2) is 34.6 Å². The predicted molar refractivity (Wildman–Crippen MR) is 55.9 cm³/mol. The molecule has 0 aromatic heterocycles. The third kappa shape index (κ3) is 1.83. The lowest BCUT2D eigenvalue weighted by molar-refractivity contribution is -0.0660. The standard InChI is InChI=1S/C10H20O2Si/c1-11-10(6-2-3-8-13-10)9-5-4-7-12-9/h9H,2-8,13H2,1H3. The molecule has 2 aliphatic rings. The molecule has 2 aliphatic heterocycles. The van der Waals surface area contributed by atoms with Crippen molar-refractivity contribution in [1.82, 2.24) is 0 Å². The van der Waals surface area contributed by atoms with Gasteiger partial charge >= 0.3 is 0 Å². The lowest BCUT2D eigenvalue weighted by atomic mass is 10.0. The molecule has 0 aromatic carbocycles. The van der Waals surface area contributed by atoms with Gasteiger partial charge in [0.2, 0.25) is 0 Å². The van der Waals surface area contributed by atoms with Crippen LogP contribution in [0.3, 0.4) is 0 Å². The van der Waals surface area contributed by atoms with E-state index < -0.39 is 0 Å². The first-order chi connectivity index (χ1) is 6.37. The molecule has 0 aliphatic carbocycles. The Kier molecular flexibility index (Phi) is 3.06. The van der Waals surface area contributed by atoms with Crippen LogP contribution in [0.2, 0.25) is 6.04 Å². The summed E-state index contributed by atoms with van der Waals surface area (Å²) >= 11 is 0. The molecule has 2 atom stereocenters. The molecule has 2 saturated heterocycles. The second-order valence-corrected chi connectivity index (χ2v) is 6.74. The molecule has 0 N–H and O–H groups in total. The van der Waals surface area contributed by atoms with E-state index in [1.54, 1.807) is 0 Å². The summed E-state index contributed by atoms with van der Waals surface area (Å²) in [5, 5.41) is 0.217. The van der Waals surface area contributed by atoms with Crippen LogP contribution >= 0.6 is 0 Å². The number of hydrogen-bond donors (Lipinski definition) is 0. The first kappa shape index (κ1) is 9.68. The van der Waals surface area contributed by atoms with Crippen molar-refractivity contribution in [3.63, 3.8) is 0 Å². The smallest absolute Gasteiger partial charge is 0.0828 e. The molecule has 2 nitrogen and oxygen atoms in total. The van der Waals surface area contributed by atoms with E-state index in [1.807, 2.05) is 7.11 Å². The molecule has 0 radical (unpaired) electrons. The number of ether oxygens (including phenoxy) is 2. The number of hydrogen-bond acceptors (Lipinski definition) is 2. The largest absolute Gasteiger partial charge is 0.380 e. The van der Waals surface area contributed by atoms with Crippen LogP contribution in [0, 0.1) is 0 Å². The highest BCUT2D eigenvalue weighted by Crippen LogP contribution is 2.34. The zero-order valence-electron chi connectivity index (χ0n) is 8.55. The van der Waals surface area contributed by atoms with Crippen molar-refractivity contribution < 1.29 is 9.47 Å². The first-order valence-electron chi connectivity index (χ1n) is 5.54. The summed E-state index contributed by atoms with van der Waals surface area (Å²) in [4.78, 5) is 0. The Morgan fingerprint density at radius 1 is 1.38 bits per heavy atom. The highest BCUT2D eigenvalue weighted by molar-refractivity contribution is 6.40. The van der Waals surface area contributed by atoms with Gasteiger partial charge in [0.15, 0.2) is 0 Å². The molecule has 0 spiro atoms. The lowest BCUT2D eigenvalue weighted by Crippen LogP contribution is -2.50. The Hall–Kier alpha value is 0.137. The highest BCUT2D eigenvalue weighted by Gasteiger charge is 2.42. The van der Waals surface area contributed by atoms with Crippen LogP contribution in [0.4, 0.5) is 0 Å². The summed E-state index contributed by atoms with van der Waals surface area (Å²) in [5.41, 5.74) is 0. The molecule has 0 bridgehead atoms. The fourth-order valence-electron chi connectivity index (χ4n) is 2.80. The quantitative estimate of drug-likeness (QED) is 0.625. The molecule has 2 rings (SSSR count). The second kappa shape index (κ2) is 4.11. The van der Waals surface area contributed by atoms with E-state index in [0.717, 1.165) is 6.61 Å². The van der Waals surface area contributed by atoms with E-state index in [-0.39, 0.29) is 14.7 Å². The van der Waals surface area contributed by atoms with E-state index in [0.29, 0.717) is 6.10 Å². The molecule has 76 valence electrons. The van der Waals surface area contributed by atoms with Crippen LogP contribution in [-0.2, 0) is 9.47 Å². The summed E-state index contributed by atoms with van der Waals surface area (Å²) in [6, 6.07) is 1.45. The van der Waals surface area contributed by atoms with E-state index >= 15 is 0 Å². The summed E-state index contributed by atoms with van der Waals surface area (Å²) in [6.45, 7) is 0.962. The summed E-state index contributed by atoms with van der Waals surface area (Å²) < 4.78 is 11.6. The zero-order valence-corrected chi connectivity index (χ0v) is 9.96. The van der Waals surface area contributed by atoms with Crippen molar-refractivity contribution in [3.8, 4) is 0 Å². The Morgan fingerprint density at radius 2 is 2.31 bits per heavy atom. The predicted octanol–water partition coefficient (Wildman–Crippen LogP) is 1.28. The van der Waals surface area contributed by atoms with Crippen molar-refractivity contribution in [2.75, 3.05) is 13.7 Å². The second-order valence-electron chi connectivity index (χ2n) is 4.33. The fraction of sp³-hybridized carbons (Fsp3) is 1.00. The van der Waals surface area contributed by atoms with E-state index in [9.17, 15) is 0 Å². The third-order valence-corrected chi connectivity index (χ3v) is 6.42. The number of methoxy groups -OCH3 is 1. The SMILES string of the molecule is COC1(C2CCCO2)CCCC[SiH2]1. The Bertz CT molecular complexity index is 160. The van der Waals surface area contributed by atoms with Gasteiger partial charge in [-0.3, -0.25) is 0 Å². The maximum atomic E-state index is 5.80. The minimum atomic E-state index is -0.0610. The van der Waals surface area contributed by atoms with Gasteiger partial charge in [0.1, 0.15) is 0 Å². The van der Waals surface area contributed by atoms with Gasteiger partial charge in [-0.25, -0.2) is 0 Å². The van der Waals surface area contributed by atoms with Crippen molar-refractivity contribution in [1.29, 1.82) is 0 Å². The molecular formula is C10H20O2Si. The van der Waals surface area contributed by atoms with Crippen LogP contribution in [0.1, 0.15) is 32.1 Å². The lowest BCUT2D eigenvalue weighted by Gasteiger charge is -2.40. The van der Waals surface area contributed by atoms with Gasteiger partial charge in [-0.1, -0.05) is 18.9 Å². The van der Waals surface area contributed by atoms with Crippen molar-refractivity contribution >= 4 is 9.52 Å². The zero-order chi connectivity index (χ0) is 9.15. The number of rotatable bonds is 2. The highest BCUT2D eigenvalue weighted by atomic mass is 28.2. The van der Waals surface area contributed by atoms with Crippen molar-refractivity contribution in [2.24, 2.45) is 0 Å². The van der Waals surface area contributed by atoms with Gasteiger partial charge in [0.25, 0.3) is 0 Å². The van der Waals surface area contributed by atoms with Crippen LogP contribution in [0.5, 0.6) is 0 Å². The first-order valence-corrected chi connectivity index (χ1v) is 7.25. The Labute approximate surface area is 82.8 Å². The van der Waals surface area contributed by atoms with Gasteiger partial charge in [-0.05, 0) is 19.3 Å². The summed E-state index contributed by atoms with van der Waals surface area (Å²) in [5.74, 6) is 0. The van der Waals surface area contributed by atoms with Crippen molar-refractivity contribution in [2.45, 2.75) is 49.5 Å². The molecule has 0 saturated carbocycles. The molecule has 3 heteroatoms. The monoisotopic (exact) mass is 200 g/mol. The molecule has 0 aromatic rings. The molecular weight excluding hydrogens is 180 g/mol.